The number of hydrogen-bond donors (Lipinski definition) is 2. The molecule has 184 valence electrons. The molecule has 10 nitrogen and oxygen atoms in total. The van der Waals surface area contributed by atoms with Crippen molar-refractivity contribution in [3.05, 3.63) is 65.2 Å². The van der Waals surface area contributed by atoms with E-state index in [1.165, 1.54) is 12.1 Å². The van der Waals surface area contributed by atoms with Crippen LogP contribution in [0.4, 0.5) is 5.69 Å². The lowest BCUT2D eigenvalue weighted by molar-refractivity contribution is -0.146. The number of hydrogen-bond acceptors (Lipinski definition) is 8. The summed E-state index contributed by atoms with van der Waals surface area (Å²) < 4.78 is 9.87. The van der Waals surface area contributed by atoms with Gasteiger partial charge < -0.3 is 20.1 Å². The Morgan fingerprint density at radius 2 is 1.49 bits per heavy atom. The first-order valence-electron chi connectivity index (χ1n) is 11.3. The Hall–Kier alpha value is -4.21. The average Bonchev–Trinajstić information content (AvgIpc) is 3.10. The molecule has 0 bridgehead atoms. The second-order valence-electron chi connectivity index (χ2n) is 7.62. The molecule has 10 heteroatoms. The number of nitrogens with zero attached hydrogens (tertiary/aromatic N) is 1. The van der Waals surface area contributed by atoms with E-state index >= 15 is 0 Å². The molecule has 0 radical (unpaired) electrons. The topological polar surface area (TPSA) is 131 Å². The largest absolute Gasteiger partial charge is 0.466 e. The number of imide groups is 1. The Bertz CT molecular complexity index is 1080. The fraction of sp³-hybridized carbons (Fsp3) is 0.320. The maximum atomic E-state index is 12.7. The van der Waals surface area contributed by atoms with E-state index in [2.05, 4.69) is 10.6 Å². The van der Waals surface area contributed by atoms with Gasteiger partial charge in [0.25, 0.3) is 17.7 Å². The average molecular weight is 482 g/mol. The molecule has 1 aliphatic rings. The lowest BCUT2D eigenvalue weighted by atomic mass is 10.1. The van der Waals surface area contributed by atoms with E-state index in [1.54, 1.807) is 50.2 Å². The number of rotatable bonds is 11. The summed E-state index contributed by atoms with van der Waals surface area (Å²) in [5.41, 5.74) is 1.60. The zero-order chi connectivity index (χ0) is 25.4. The summed E-state index contributed by atoms with van der Waals surface area (Å²) in [6.07, 6.45) is 0.00158. The van der Waals surface area contributed by atoms with Crippen molar-refractivity contribution in [2.75, 3.05) is 25.2 Å². The van der Waals surface area contributed by atoms with Crippen molar-refractivity contribution >= 4 is 35.3 Å². The maximum absolute atomic E-state index is 12.7. The minimum atomic E-state index is -1.00. The SMILES string of the molecule is CCOC(=O)CC[C@@H](NC(=O)c1ccc(NCN2C(=O)c3ccccc3C2=O)cc1)C(=O)OCC. The molecular weight excluding hydrogens is 454 g/mol. The minimum absolute atomic E-state index is 0.0311. The molecule has 3 rings (SSSR count). The molecular formula is C25H27N3O7. The Kier molecular flexibility index (Phi) is 8.55. The maximum Gasteiger partial charge on any atom is 0.328 e. The van der Waals surface area contributed by atoms with Crippen LogP contribution in [-0.2, 0) is 19.1 Å². The predicted octanol–water partition coefficient (Wildman–Crippen LogP) is 2.36. The lowest BCUT2D eigenvalue weighted by Gasteiger charge is -2.18. The third kappa shape index (κ3) is 6.23. The Morgan fingerprint density at radius 3 is 2.06 bits per heavy atom. The van der Waals surface area contributed by atoms with Crippen LogP contribution in [0.1, 0.15) is 57.8 Å². The van der Waals surface area contributed by atoms with Crippen molar-refractivity contribution in [2.24, 2.45) is 0 Å². The number of benzene rings is 2. The molecule has 0 saturated heterocycles. The fourth-order valence-corrected chi connectivity index (χ4v) is 3.52. The van der Waals surface area contributed by atoms with Gasteiger partial charge in [0, 0.05) is 17.7 Å². The van der Waals surface area contributed by atoms with Crippen LogP contribution in [0.5, 0.6) is 0 Å². The van der Waals surface area contributed by atoms with Gasteiger partial charge in [0.05, 0.1) is 31.0 Å². The fourth-order valence-electron chi connectivity index (χ4n) is 3.52. The van der Waals surface area contributed by atoms with Gasteiger partial charge in [0.1, 0.15) is 6.04 Å². The van der Waals surface area contributed by atoms with Crippen LogP contribution in [-0.4, -0.2) is 60.5 Å². The highest BCUT2D eigenvalue weighted by atomic mass is 16.5. The van der Waals surface area contributed by atoms with Crippen molar-refractivity contribution in [1.82, 2.24) is 10.2 Å². The van der Waals surface area contributed by atoms with Crippen LogP contribution in [0.25, 0.3) is 0 Å². The monoisotopic (exact) mass is 481 g/mol. The summed E-state index contributed by atoms with van der Waals surface area (Å²) in [5.74, 6) is -2.36. The van der Waals surface area contributed by atoms with Gasteiger partial charge in [-0.05, 0) is 56.7 Å². The van der Waals surface area contributed by atoms with E-state index in [0.717, 1.165) is 4.90 Å². The summed E-state index contributed by atoms with van der Waals surface area (Å²) >= 11 is 0. The number of fused-ring (bicyclic) bond motifs is 1. The van der Waals surface area contributed by atoms with E-state index in [1.807, 2.05) is 0 Å². The zero-order valence-corrected chi connectivity index (χ0v) is 19.5. The van der Waals surface area contributed by atoms with Gasteiger partial charge in [-0.25, -0.2) is 4.79 Å². The molecule has 35 heavy (non-hydrogen) atoms. The molecule has 0 spiro atoms. The molecule has 2 aromatic carbocycles. The van der Waals surface area contributed by atoms with Crippen LogP contribution < -0.4 is 10.6 Å². The van der Waals surface area contributed by atoms with Crippen LogP contribution in [0, 0.1) is 0 Å². The third-order valence-corrected chi connectivity index (χ3v) is 5.29. The molecule has 1 atom stereocenters. The van der Waals surface area contributed by atoms with Crippen LogP contribution in [0.2, 0.25) is 0 Å². The number of carbonyl (C=O) groups is 5. The zero-order valence-electron chi connectivity index (χ0n) is 19.5. The first-order chi connectivity index (χ1) is 16.8. The quantitative estimate of drug-likeness (QED) is 0.369. The molecule has 1 aliphatic heterocycles. The van der Waals surface area contributed by atoms with Gasteiger partial charge in [-0.15, -0.1) is 0 Å². The number of carbonyl (C=O) groups excluding carboxylic acids is 5. The van der Waals surface area contributed by atoms with Gasteiger partial charge in [0.15, 0.2) is 0 Å². The molecule has 2 N–H and O–H groups in total. The van der Waals surface area contributed by atoms with Gasteiger partial charge in [0.2, 0.25) is 0 Å². The number of esters is 2. The standard InChI is InChI=1S/C25H27N3O7/c1-3-34-21(29)14-13-20(25(33)35-4-2)27-22(30)16-9-11-17(12-10-16)26-15-28-23(31)18-7-5-6-8-19(18)24(28)32/h5-12,20,26H,3-4,13-15H2,1-2H3,(H,27,30)/t20-/m1/s1. The third-order valence-electron chi connectivity index (χ3n) is 5.29. The summed E-state index contributed by atoms with van der Waals surface area (Å²) in [6, 6.07) is 11.9. The van der Waals surface area contributed by atoms with E-state index in [4.69, 9.17) is 9.47 Å². The molecule has 0 unspecified atom stereocenters. The highest BCUT2D eigenvalue weighted by Crippen LogP contribution is 2.22. The van der Waals surface area contributed by atoms with Gasteiger partial charge >= 0.3 is 11.9 Å². The Morgan fingerprint density at radius 1 is 0.886 bits per heavy atom. The van der Waals surface area contributed by atoms with E-state index in [9.17, 15) is 24.0 Å². The first kappa shape index (κ1) is 25.4. The van der Waals surface area contributed by atoms with Gasteiger partial charge in [-0.1, -0.05) is 12.1 Å². The van der Waals surface area contributed by atoms with E-state index in [-0.39, 0.29) is 50.1 Å². The summed E-state index contributed by atoms with van der Waals surface area (Å²) in [6.45, 7) is 3.66. The number of anilines is 1. The number of nitrogens with one attached hydrogen (secondary N) is 2. The molecule has 0 fully saturated rings. The Balaban J connectivity index is 1.58. The highest BCUT2D eigenvalue weighted by molar-refractivity contribution is 6.21. The molecule has 2 aromatic rings. The number of ether oxygens (including phenoxy) is 2. The highest BCUT2D eigenvalue weighted by Gasteiger charge is 2.34. The molecule has 0 aromatic heterocycles. The lowest BCUT2D eigenvalue weighted by Crippen LogP contribution is -2.42. The second-order valence-corrected chi connectivity index (χ2v) is 7.62. The second kappa shape index (κ2) is 11.8. The summed E-state index contributed by atoms with van der Waals surface area (Å²) in [7, 11) is 0. The summed E-state index contributed by atoms with van der Waals surface area (Å²) in [5, 5.41) is 5.59. The summed E-state index contributed by atoms with van der Waals surface area (Å²) in [4.78, 5) is 62.6. The first-order valence-corrected chi connectivity index (χ1v) is 11.3. The normalized spacial score (nSPS) is 13.1. The van der Waals surface area contributed by atoms with Crippen LogP contribution in [0.3, 0.4) is 0 Å². The van der Waals surface area contributed by atoms with Crippen LogP contribution >= 0.6 is 0 Å². The molecule has 0 saturated carbocycles. The molecule has 3 amide bonds. The van der Waals surface area contributed by atoms with Gasteiger partial charge in [-0.2, -0.15) is 0 Å². The van der Waals surface area contributed by atoms with E-state index in [0.29, 0.717) is 16.8 Å². The molecule has 1 heterocycles. The minimum Gasteiger partial charge on any atom is -0.466 e. The Labute approximate surface area is 202 Å². The van der Waals surface area contributed by atoms with Crippen molar-refractivity contribution in [2.45, 2.75) is 32.7 Å². The van der Waals surface area contributed by atoms with Crippen molar-refractivity contribution < 1.29 is 33.4 Å². The van der Waals surface area contributed by atoms with Crippen molar-refractivity contribution in [3.63, 3.8) is 0 Å². The van der Waals surface area contributed by atoms with Crippen molar-refractivity contribution in [1.29, 1.82) is 0 Å². The number of amides is 3. The van der Waals surface area contributed by atoms with E-state index < -0.39 is 23.9 Å². The van der Waals surface area contributed by atoms with Crippen molar-refractivity contribution in [3.8, 4) is 0 Å². The smallest absolute Gasteiger partial charge is 0.328 e. The molecule has 0 aliphatic carbocycles. The van der Waals surface area contributed by atoms with Crippen LogP contribution in [0.15, 0.2) is 48.5 Å². The van der Waals surface area contributed by atoms with Gasteiger partial charge in [-0.3, -0.25) is 24.1 Å². The predicted molar refractivity (Wildman–Crippen MR) is 126 cm³/mol.